The normalized spacial score (nSPS) is 16.2. The SMILES string of the molecule is CC(C)N1Cc2[nH]c(=O)[nH]c(=O)c2C1. The van der Waals surface area contributed by atoms with Gasteiger partial charge in [0.1, 0.15) is 0 Å². The summed E-state index contributed by atoms with van der Waals surface area (Å²) in [7, 11) is 0. The van der Waals surface area contributed by atoms with Crippen LogP contribution in [0.2, 0.25) is 0 Å². The van der Waals surface area contributed by atoms with E-state index in [1.54, 1.807) is 0 Å². The zero-order valence-corrected chi connectivity index (χ0v) is 8.26. The smallest absolute Gasteiger partial charge is 0.310 e. The van der Waals surface area contributed by atoms with Gasteiger partial charge in [-0.3, -0.25) is 14.7 Å². The van der Waals surface area contributed by atoms with Gasteiger partial charge in [0.2, 0.25) is 0 Å². The molecule has 2 N–H and O–H groups in total. The summed E-state index contributed by atoms with van der Waals surface area (Å²) in [5.41, 5.74) is 0.775. The van der Waals surface area contributed by atoms with Crippen LogP contribution in [0.25, 0.3) is 0 Å². The molecule has 2 rings (SSSR count). The van der Waals surface area contributed by atoms with Crippen molar-refractivity contribution in [1.82, 2.24) is 14.9 Å². The van der Waals surface area contributed by atoms with Crippen LogP contribution >= 0.6 is 0 Å². The van der Waals surface area contributed by atoms with Crippen LogP contribution < -0.4 is 11.2 Å². The molecule has 1 aromatic heterocycles. The minimum absolute atomic E-state index is 0.257. The predicted molar refractivity (Wildman–Crippen MR) is 52.1 cm³/mol. The first-order valence-electron chi connectivity index (χ1n) is 4.66. The Morgan fingerprint density at radius 3 is 2.57 bits per heavy atom. The molecule has 0 radical (unpaired) electrons. The Hall–Kier alpha value is -1.36. The van der Waals surface area contributed by atoms with Gasteiger partial charge in [-0.2, -0.15) is 0 Å². The van der Waals surface area contributed by atoms with Gasteiger partial charge >= 0.3 is 5.69 Å². The average Bonchev–Trinajstić information content (AvgIpc) is 2.47. The van der Waals surface area contributed by atoms with Crippen molar-refractivity contribution >= 4 is 0 Å². The maximum atomic E-state index is 11.4. The Morgan fingerprint density at radius 2 is 1.93 bits per heavy atom. The van der Waals surface area contributed by atoms with Crippen molar-refractivity contribution < 1.29 is 0 Å². The van der Waals surface area contributed by atoms with Crippen LogP contribution in [0.3, 0.4) is 0 Å². The van der Waals surface area contributed by atoms with Gasteiger partial charge < -0.3 is 4.98 Å². The molecule has 0 aromatic carbocycles. The van der Waals surface area contributed by atoms with Crippen molar-refractivity contribution in [2.24, 2.45) is 0 Å². The molecule has 0 fully saturated rings. The lowest BCUT2D eigenvalue weighted by Gasteiger charge is -2.18. The highest BCUT2D eigenvalue weighted by Crippen LogP contribution is 2.18. The number of hydrogen-bond donors (Lipinski definition) is 2. The van der Waals surface area contributed by atoms with Gasteiger partial charge in [0.05, 0.1) is 5.56 Å². The van der Waals surface area contributed by atoms with Crippen LogP contribution in [0.15, 0.2) is 9.59 Å². The van der Waals surface area contributed by atoms with Crippen molar-refractivity contribution in [3.63, 3.8) is 0 Å². The van der Waals surface area contributed by atoms with Crippen LogP contribution in [0.5, 0.6) is 0 Å². The molecule has 76 valence electrons. The third-order valence-corrected chi connectivity index (χ3v) is 2.58. The minimum Gasteiger partial charge on any atom is -0.310 e. The van der Waals surface area contributed by atoms with Crippen molar-refractivity contribution in [3.8, 4) is 0 Å². The Labute approximate surface area is 80.8 Å². The second-order valence-corrected chi connectivity index (χ2v) is 3.86. The molecule has 1 aliphatic heterocycles. The zero-order chi connectivity index (χ0) is 10.3. The fraction of sp³-hybridized carbons (Fsp3) is 0.556. The number of aromatic nitrogens is 2. The molecule has 0 bridgehead atoms. The standard InChI is InChI=1S/C9H13N3O2/c1-5(2)12-3-6-7(4-12)10-9(14)11-8(6)13/h5H,3-4H2,1-2H3,(H2,10,11,13,14). The summed E-state index contributed by atoms with van der Waals surface area (Å²) in [5, 5.41) is 0. The summed E-state index contributed by atoms with van der Waals surface area (Å²) < 4.78 is 0. The molecule has 14 heavy (non-hydrogen) atoms. The fourth-order valence-electron chi connectivity index (χ4n) is 1.69. The molecule has 0 amide bonds. The molecule has 0 atom stereocenters. The number of fused-ring (bicyclic) bond motifs is 1. The maximum Gasteiger partial charge on any atom is 0.325 e. The highest BCUT2D eigenvalue weighted by molar-refractivity contribution is 5.20. The number of H-pyrrole nitrogens is 2. The van der Waals surface area contributed by atoms with Crippen LogP contribution in [0.4, 0.5) is 0 Å². The van der Waals surface area contributed by atoms with E-state index in [0.717, 1.165) is 5.69 Å². The lowest BCUT2D eigenvalue weighted by atomic mass is 10.3. The van der Waals surface area contributed by atoms with E-state index in [4.69, 9.17) is 0 Å². The quantitative estimate of drug-likeness (QED) is 0.651. The molecule has 1 aliphatic rings. The number of hydrogen-bond acceptors (Lipinski definition) is 3. The molecular formula is C9H13N3O2. The molecule has 0 saturated heterocycles. The topological polar surface area (TPSA) is 69.0 Å². The summed E-state index contributed by atoms with van der Waals surface area (Å²) in [6.45, 7) is 5.42. The largest absolute Gasteiger partial charge is 0.325 e. The van der Waals surface area contributed by atoms with Gasteiger partial charge in [-0.1, -0.05) is 0 Å². The Morgan fingerprint density at radius 1 is 1.21 bits per heavy atom. The molecule has 2 heterocycles. The Bertz CT molecular complexity index is 458. The second kappa shape index (κ2) is 3.09. The maximum absolute atomic E-state index is 11.4. The van der Waals surface area contributed by atoms with Gasteiger partial charge in [0.15, 0.2) is 0 Å². The summed E-state index contributed by atoms with van der Waals surface area (Å²) in [4.78, 5) is 29.4. The zero-order valence-electron chi connectivity index (χ0n) is 8.26. The minimum atomic E-state index is -0.417. The average molecular weight is 195 g/mol. The molecule has 5 nitrogen and oxygen atoms in total. The Balaban J connectivity index is 2.45. The first-order chi connectivity index (χ1) is 6.58. The third kappa shape index (κ3) is 1.39. The molecule has 5 heteroatoms. The van der Waals surface area contributed by atoms with E-state index in [2.05, 4.69) is 28.7 Å². The summed E-state index contributed by atoms with van der Waals surface area (Å²) in [6.07, 6.45) is 0. The summed E-state index contributed by atoms with van der Waals surface area (Å²) >= 11 is 0. The fourth-order valence-corrected chi connectivity index (χ4v) is 1.69. The second-order valence-electron chi connectivity index (χ2n) is 3.86. The van der Waals surface area contributed by atoms with E-state index in [9.17, 15) is 9.59 Å². The van der Waals surface area contributed by atoms with E-state index >= 15 is 0 Å². The van der Waals surface area contributed by atoms with E-state index in [-0.39, 0.29) is 5.56 Å². The van der Waals surface area contributed by atoms with Crippen molar-refractivity contribution in [1.29, 1.82) is 0 Å². The van der Waals surface area contributed by atoms with Gasteiger partial charge in [-0.15, -0.1) is 0 Å². The highest BCUT2D eigenvalue weighted by atomic mass is 16.2. The number of nitrogens with zero attached hydrogens (tertiary/aromatic N) is 1. The van der Waals surface area contributed by atoms with Crippen LogP contribution in [0, 0.1) is 0 Å². The van der Waals surface area contributed by atoms with E-state index in [1.165, 1.54) is 0 Å². The van der Waals surface area contributed by atoms with Crippen LogP contribution in [-0.4, -0.2) is 20.9 Å². The summed E-state index contributed by atoms with van der Waals surface area (Å²) in [5.74, 6) is 0. The lowest BCUT2D eigenvalue weighted by molar-refractivity contribution is 0.226. The molecule has 0 unspecified atom stereocenters. The number of aromatic amines is 2. The molecule has 1 aromatic rings. The number of rotatable bonds is 1. The Kier molecular flexibility index (Phi) is 2.03. The van der Waals surface area contributed by atoms with E-state index in [1.807, 2.05) is 0 Å². The molecular weight excluding hydrogens is 182 g/mol. The molecule has 0 spiro atoms. The monoisotopic (exact) mass is 195 g/mol. The van der Waals surface area contributed by atoms with Crippen LogP contribution in [-0.2, 0) is 13.1 Å². The summed E-state index contributed by atoms with van der Waals surface area (Å²) in [6, 6.07) is 0.380. The molecule has 0 aliphatic carbocycles. The number of nitrogens with one attached hydrogen (secondary N) is 2. The lowest BCUT2D eigenvalue weighted by Crippen LogP contribution is -2.26. The van der Waals surface area contributed by atoms with Gasteiger partial charge in [-0.05, 0) is 13.8 Å². The van der Waals surface area contributed by atoms with Crippen molar-refractivity contribution in [2.75, 3.05) is 0 Å². The third-order valence-electron chi connectivity index (χ3n) is 2.58. The van der Waals surface area contributed by atoms with Gasteiger partial charge in [-0.25, -0.2) is 4.79 Å². The van der Waals surface area contributed by atoms with Gasteiger partial charge in [0.25, 0.3) is 5.56 Å². The predicted octanol–water partition coefficient (Wildman–Crippen LogP) is -0.213. The van der Waals surface area contributed by atoms with E-state index in [0.29, 0.717) is 24.7 Å². The molecule has 0 saturated carbocycles. The van der Waals surface area contributed by atoms with Crippen molar-refractivity contribution in [3.05, 3.63) is 32.1 Å². The van der Waals surface area contributed by atoms with Gasteiger partial charge in [0, 0.05) is 24.8 Å². The van der Waals surface area contributed by atoms with Crippen molar-refractivity contribution in [2.45, 2.75) is 33.0 Å². The van der Waals surface area contributed by atoms with E-state index < -0.39 is 5.69 Å². The highest BCUT2D eigenvalue weighted by Gasteiger charge is 2.24. The first-order valence-corrected chi connectivity index (χ1v) is 4.66. The first kappa shape index (κ1) is 9.21. The van der Waals surface area contributed by atoms with Crippen LogP contribution in [0.1, 0.15) is 25.1 Å².